The maximum absolute atomic E-state index is 5.37. The second-order valence-electron chi connectivity index (χ2n) is 6.69. The summed E-state index contributed by atoms with van der Waals surface area (Å²) in [5, 5.41) is 1.43. The number of fused-ring (bicyclic) bond motifs is 1. The van der Waals surface area contributed by atoms with Crippen molar-refractivity contribution in [3.8, 4) is 11.3 Å². The van der Waals surface area contributed by atoms with E-state index in [9.17, 15) is 0 Å². The Morgan fingerprint density at radius 1 is 1.09 bits per heavy atom. The summed E-state index contributed by atoms with van der Waals surface area (Å²) in [5.74, 6) is 0.685. The lowest BCUT2D eigenvalue weighted by atomic mass is 9.82. The minimum atomic E-state index is 0.685. The average molecular weight is 293 g/mol. The Labute approximate surface area is 131 Å². The maximum atomic E-state index is 5.37. The van der Waals surface area contributed by atoms with Crippen LogP contribution in [0.5, 0.6) is 0 Å². The van der Waals surface area contributed by atoms with Crippen LogP contribution in [0.3, 0.4) is 0 Å². The van der Waals surface area contributed by atoms with Gasteiger partial charge >= 0.3 is 0 Å². The molecule has 22 heavy (non-hydrogen) atoms. The SMILES string of the molecule is Cc1ccc2c(C3CCCCC3)c(-c3ccoc3)n(C)c2c1. The fraction of sp³-hybridized carbons (Fsp3) is 0.400. The highest BCUT2D eigenvalue weighted by atomic mass is 16.3. The molecule has 2 heterocycles. The Hall–Kier alpha value is -1.96. The molecule has 1 aliphatic rings. The number of benzene rings is 1. The first kappa shape index (κ1) is 13.7. The molecule has 4 rings (SSSR count). The zero-order valence-electron chi connectivity index (χ0n) is 13.4. The van der Waals surface area contributed by atoms with Gasteiger partial charge in [0, 0.05) is 23.5 Å². The number of nitrogens with zero attached hydrogens (tertiary/aromatic N) is 1. The van der Waals surface area contributed by atoms with Crippen LogP contribution in [0.2, 0.25) is 0 Å². The van der Waals surface area contributed by atoms with Crippen molar-refractivity contribution in [1.29, 1.82) is 0 Å². The van der Waals surface area contributed by atoms with Gasteiger partial charge in [-0.15, -0.1) is 0 Å². The van der Waals surface area contributed by atoms with Crippen molar-refractivity contribution in [3.63, 3.8) is 0 Å². The van der Waals surface area contributed by atoms with Crippen molar-refractivity contribution in [2.24, 2.45) is 7.05 Å². The monoisotopic (exact) mass is 293 g/mol. The fourth-order valence-electron chi connectivity index (χ4n) is 4.13. The Bertz CT molecular complexity index is 789. The van der Waals surface area contributed by atoms with E-state index in [0.29, 0.717) is 5.92 Å². The first-order chi connectivity index (χ1) is 10.8. The van der Waals surface area contributed by atoms with Gasteiger partial charge in [0.2, 0.25) is 0 Å². The van der Waals surface area contributed by atoms with Crippen LogP contribution in [0.4, 0.5) is 0 Å². The highest BCUT2D eigenvalue weighted by molar-refractivity contribution is 5.92. The molecule has 0 amide bonds. The number of aryl methyl sites for hydroxylation is 2. The van der Waals surface area contributed by atoms with Crippen molar-refractivity contribution >= 4 is 10.9 Å². The van der Waals surface area contributed by atoms with E-state index >= 15 is 0 Å². The van der Waals surface area contributed by atoms with Gasteiger partial charge in [0.15, 0.2) is 0 Å². The zero-order valence-corrected chi connectivity index (χ0v) is 13.4. The summed E-state index contributed by atoms with van der Waals surface area (Å²) in [7, 11) is 2.19. The number of hydrogen-bond acceptors (Lipinski definition) is 1. The van der Waals surface area contributed by atoms with Crippen molar-refractivity contribution in [3.05, 3.63) is 47.9 Å². The molecule has 3 aromatic rings. The molecule has 1 saturated carbocycles. The molecule has 2 aromatic heterocycles. The zero-order chi connectivity index (χ0) is 15.1. The quantitative estimate of drug-likeness (QED) is 0.584. The molecular weight excluding hydrogens is 270 g/mol. The van der Waals surface area contributed by atoms with E-state index in [1.54, 1.807) is 11.8 Å². The van der Waals surface area contributed by atoms with Crippen molar-refractivity contribution in [2.45, 2.75) is 44.9 Å². The first-order valence-electron chi connectivity index (χ1n) is 8.37. The third-order valence-corrected chi connectivity index (χ3v) is 5.20. The highest BCUT2D eigenvalue weighted by Gasteiger charge is 2.25. The summed E-state index contributed by atoms with van der Waals surface area (Å²) in [5.41, 5.74) is 6.76. The van der Waals surface area contributed by atoms with Gasteiger partial charge < -0.3 is 8.98 Å². The van der Waals surface area contributed by atoms with E-state index < -0.39 is 0 Å². The molecule has 1 aromatic carbocycles. The lowest BCUT2D eigenvalue weighted by Gasteiger charge is -2.23. The summed E-state index contributed by atoms with van der Waals surface area (Å²) in [6.07, 6.45) is 10.4. The summed E-state index contributed by atoms with van der Waals surface area (Å²) < 4.78 is 7.73. The molecule has 0 N–H and O–H groups in total. The largest absolute Gasteiger partial charge is 0.472 e. The standard InChI is InChI=1S/C20H23NO/c1-14-8-9-17-18(12-14)21(2)20(16-10-11-22-13-16)19(17)15-6-4-3-5-7-15/h8-13,15H,3-7H2,1-2H3. The number of aromatic nitrogens is 1. The van der Waals surface area contributed by atoms with E-state index in [1.807, 2.05) is 6.26 Å². The Morgan fingerprint density at radius 3 is 2.64 bits per heavy atom. The lowest BCUT2D eigenvalue weighted by Crippen LogP contribution is -2.06. The van der Waals surface area contributed by atoms with Crippen molar-refractivity contribution < 1.29 is 4.42 Å². The predicted molar refractivity (Wildman–Crippen MR) is 91.2 cm³/mol. The average Bonchev–Trinajstić information content (AvgIpc) is 3.15. The van der Waals surface area contributed by atoms with E-state index in [4.69, 9.17) is 4.42 Å². The molecule has 0 unspecified atom stereocenters. The van der Waals surface area contributed by atoms with Crippen LogP contribution in [-0.4, -0.2) is 4.57 Å². The summed E-state index contributed by atoms with van der Waals surface area (Å²) in [4.78, 5) is 0. The third-order valence-electron chi connectivity index (χ3n) is 5.20. The van der Waals surface area contributed by atoms with Gasteiger partial charge in [-0.25, -0.2) is 0 Å². The van der Waals surface area contributed by atoms with Gasteiger partial charge in [-0.05, 0) is 48.9 Å². The smallest absolute Gasteiger partial charge is 0.0996 e. The van der Waals surface area contributed by atoms with E-state index in [-0.39, 0.29) is 0 Å². The van der Waals surface area contributed by atoms with Gasteiger partial charge in [0.25, 0.3) is 0 Å². The molecule has 0 bridgehead atoms. The molecule has 0 aliphatic heterocycles. The first-order valence-corrected chi connectivity index (χ1v) is 8.37. The summed E-state index contributed by atoms with van der Waals surface area (Å²) >= 11 is 0. The molecule has 1 fully saturated rings. The molecule has 0 spiro atoms. The van der Waals surface area contributed by atoms with Crippen LogP contribution in [0.1, 0.15) is 49.1 Å². The van der Waals surface area contributed by atoms with Crippen LogP contribution in [0, 0.1) is 6.92 Å². The normalized spacial score (nSPS) is 16.5. The molecule has 114 valence electrons. The third kappa shape index (κ3) is 2.09. The second-order valence-corrected chi connectivity index (χ2v) is 6.69. The second kappa shape index (κ2) is 5.35. The van der Waals surface area contributed by atoms with Gasteiger partial charge in [-0.1, -0.05) is 31.4 Å². The molecular formula is C20H23NO. The van der Waals surface area contributed by atoms with Crippen LogP contribution >= 0.6 is 0 Å². The maximum Gasteiger partial charge on any atom is 0.0996 e. The number of hydrogen-bond donors (Lipinski definition) is 0. The summed E-state index contributed by atoms with van der Waals surface area (Å²) in [6.45, 7) is 2.17. The summed E-state index contributed by atoms with van der Waals surface area (Å²) in [6, 6.07) is 8.96. The van der Waals surface area contributed by atoms with E-state index in [0.717, 1.165) is 0 Å². The van der Waals surface area contributed by atoms with Crippen LogP contribution < -0.4 is 0 Å². The molecule has 2 heteroatoms. The van der Waals surface area contributed by atoms with E-state index in [1.165, 1.54) is 59.8 Å². The topological polar surface area (TPSA) is 18.1 Å². The molecule has 0 saturated heterocycles. The Kier molecular flexibility index (Phi) is 3.33. The Balaban J connectivity index is 2.00. The van der Waals surface area contributed by atoms with Crippen LogP contribution in [0.25, 0.3) is 22.2 Å². The lowest BCUT2D eigenvalue weighted by molar-refractivity contribution is 0.446. The molecule has 0 radical (unpaired) electrons. The Morgan fingerprint density at radius 2 is 1.91 bits per heavy atom. The fourth-order valence-corrected chi connectivity index (χ4v) is 4.13. The molecule has 0 atom stereocenters. The molecule has 1 aliphatic carbocycles. The minimum Gasteiger partial charge on any atom is -0.472 e. The van der Waals surface area contributed by atoms with Gasteiger partial charge in [0.1, 0.15) is 0 Å². The highest BCUT2D eigenvalue weighted by Crippen LogP contribution is 2.43. The molecule has 2 nitrogen and oxygen atoms in total. The van der Waals surface area contributed by atoms with Gasteiger partial charge in [0.05, 0.1) is 18.2 Å². The van der Waals surface area contributed by atoms with Crippen molar-refractivity contribution in [2.75, 3.05) is 0 Å². The van der Waals surface area contributed by atoms with Gasteiger partial charge in [-0.2, -0.15) is 0 Å². The van der Waals surface area contributed by atoms with Crippen LogP contribution in [0.15, 0.2) is 41.2 Å². The minimum absolute atomic E-state index is 0.685. The number of rotatable bonds is 2. The number of furan rings is 1. The van der Waals surface area contributed by atoms with Crippen LogP contribution in [-0.2, 0) is 7.05 Å². The van der Waals surface area contributed by atoms with Crippen molar-refractivity contribution in [1.82, 2.24) is 4.57 Å². The predicted octanol–water partition coefficient (Wildman–Crippen LogP) is 5.79. The van der Waals surface area contributed by atoms with E-state index in [2.05, 4.69) is 42.8 Å². The van der Waals surface area contributed by atoms with Gasteiger partial charge in [-0.3, -0.25) is 0 Å².